The van der Waals surface area contributed by atoms with E-state index in [4.69, 9.17) is 5.73 Å². The minimum Gasteiger partial charge on any atom is -0.477 e. The van der Waals surface area contributed by atoms with Gasteiger partial charge in [0.1, 0.15) is 29.0 Å². The van der Waals surface area contributed by atoms with Gasteiger partial charge in [-0.25, -0.2) is 4.79 Å². The largest absolute Gasteiger partial charge is 0.477 e. The first-order chi connectivity index (χ1) is 11.5. The van der Waals surface area contributed by atoms with Crippen molar-refractivity contribution in [3.63, 3.8) is 0 Å². The Bertz CT molecular complexity index is 831. The molecule has 0 unspecified atom stereocenters. The van der Waals surface area contributed by atoms with Gasteiger partial charge in [0.05, 0.1) is 5.69 Å². The number of aromatic carboxylic acids is 1. The molecule has 0 saturated carbocycles. The highest BCUT2D eigenvalue weighted by Crippen LogP contribution is 2.23. The molecule has 0 atom stereocenters. The second-order valence-electron chi connectivity index (χ2n) is 5.63. The SMILES string of the molecule is Cc1nn(-c2nc(C#N)cc(N3CCCCC3)n2)c(N)c1C(=O)O. The molecule has 3 heterocycles. The van der Waals surface area contributed by atoms with Crippen LogP contribution >= 0.6 is 0 Å². The molecule has 1 saturated heterocycles. The lowest BCUT2D eigenvalue weighted by Gasteiger charge is -2.27. The van der Waals surface area contributed by atoms with E-state index in [2.05, 4.69) is 20.0 Å². The van der Waals surface area contributed by atoms with Crippen molar-refractivity contribution in [1.29, 1.82) is 5.26 Å². The van der Waals surface area contributed by atoms with Crippen LogP contribution in [0.25, 0.3) is 5.95 Å². The first kappa shape index (κ1) is 15.7. The van der Waals surface area contributed by atoms with Gasteiger partial charge in [-0.15, -0.1) is 0 Å². The second kappa shape index (κ2) is 6.16. The van der Waals surface area contributed by atoms with Gasteiger partial charge >= 0.3 is 5.97 Å². The molecule has 1 aliphatic heterocycles. The Morgan fingerprint density at radius 2 is 2.04 bits per heavy atom. The van der Waals surface area contributed by atoms with E-state index in [0.717, 1.165) is 25.9 Å². The summed E-state index contributed by atoms with van der Waals surface area (Å²) in [6.45, 7) is 3.26. The Morgan fingerprint density at radius 1 is 1.33 bits per heavy atom. The van der Waals surface area contributed by atoms with Gasteiger partial charge in [0.25, 0.3) is 5.95 Å². The van der Waals surface area contributed by atoms with Crippen molar-refractivity contribution in [3.8, 4) is 12.0 Å². The summed E-state index contributed by atoms with van der Waals surface area (Å²) in [5.74, 6) is -0.493. The Labute approximate surface area is 138 Å². The number of nitrogens with zero attached hydrogens (tertiary/aromatic N) is 6. The van der Waals surface area contributed by atoms with Gasteiger partial charge in [0.15, 0.2) is 0 Å². The maximum Gasteiger partial charge on any atom is 0.341 e. The Hall–Kier alpha value is -3.15. The predicted molar refractivity (Wildman–Crippen MR) is 86.0 cm³/mol. The molecule has 0 radical (unpaired) electrons. The van der Waals surface area contributed by atoms with Crippen LogP contribution in [0, 0.1) is 18.3 Å². The first-order valence-electron chi connectivity index (χ1n) is 7.64. The number of carbonyl (C=O) groups is 1. The van der Waals surface area contributed by atoms with E-state index >= 15 is 0 Å². The highest BCUT2D eigenvalue weighted by Gasteiger charge is 2.22. The molecular formula is C15H17N7O2. The van der Waals surface area contributed by atoms with E-state index in [9.17, 15) is 15.2 Å². The molecule has 2 aromatic heterocycles. The Morgan fingerprint density at radius 3 is 2.62 bits per heavy atom. The van der Waals surface area contributed by atoms with Crippen LogP contribution in [-0.4, -0.2) is 43.9 Å². The molecule has 0 spiro atoms. The quantitative estimate of drug-likeness (QED) is 0.856. The lowest BCUT2D eigenvalue weighted by molar-refractivity contribution is 0.0697. The number of piperidine rings is 1. The Balaban J connectivity index is 2.10. The molecule has 1 fully saturated rings. The summed E-state index contributed by atoms with van der Waals surface area (Å²) in [4.78, 5) is 21.9. The first-order valence-corrected chi connectivity index (χ1v) is 7.64. The monoisotopic (exact) mass is 327 g/mol. The molecule has 9 nitrogen and oxygen atoms in total. The Kier molecular flexibility index (Phi) is 4.04. The van der Waals surface area contributed by atoms with Crippen LogP contribution in [0.2, 0.25) is 0 Å². The van der Waals surface area contributed by atoms with Crippen molar-refractivity contribution in [3.05, 3.63) is 23.0 Å². The number of hydrogen-bond donors (Lipinski definition) is 2. The van der Waals surface area contributed by atoms with E-state index in [-0.39, 0.29) is 28.7 Å². The number of hydrogen-bond acceptors (Lipinski definition) is 7. The summed E-state index contributed by atoms with van der Waals surface area (Å²) in [5.41, 5.74) is 6.27. The van der Waals surface area contributed by atoms with Crippen LogP contribution < -0.4 is 10.6 Å². The van der Waals surface area contributed by atoms with Crippen LogP contribution in [0.4, 0.5) is 11.6 Å². The van der Waals surface area contributed by atoms with Crippen LogP contribution in [-0.2, 0) is 0 Å². The van der Waals surface area contributed by atoms with E-state index in [0.29, 0.717) is 5.82 Å². The standard InChI is InChI=1S/C15H17N7O2/c1-9-12(14(23)24)13(17)22(20-9)15-18-10(8-16)7-11(19-15)21-5-3-2-4-6-21/h7H,2-6,17H2,1H3,(H,23,24). The minimum absolute atomic E-state index is 0.0558. The van der Waals surface area contributed by atoms with Gasteiger partial charge in [-0.3, -0.25) is 0 Å². The van der Waals surface area contributed by atoms with E-state index in [1.54, 1.807) is 13.0 Å². The number of anilines is 2. The highest BCUT2D eigenvalue weighted by molar-refractivity contribution is 5.94. The number of nitrogen functional groups attached to an aromatic ring is 1. The zero-order valence-electron chi connectivity index (χ0n) is 13.2. The van der Waals surface area contributed by atoms with Crippen molar-refractivity contribution in [2.24, 2.45) is 0 Å². The third-order valence-corrected chi connectivity index (χ3v) is 3.99. The molecule has 1 aliphatic rings. The molecule has 0 bridgehead atoms. The molecule has 2 aromatic rings. The van der Waals surface area contributed by atoms with Crippen molar-refractivity contribution >= 4 is 17.6 Å². The fraction of sp³-hybridized carbons (Fsp3) is 0.400. The maximum atomic E-state index is 11.3. The average molecular weight is 327 g/mol. The van der Waals surface area contributed by atoms with Crippen LogP contribution in [0.5, 0.6) is 0 Å². The number of nitriles is 1. The van der Waals surface area contributed by atoms with Crippen LogP contribution in [0.15, 0.2) is 6.07 Å². The third kappa shape index (κ3) is 2.74. The zero-order valence-corrected chi connectivity index (χ0v) is 13.2. The van der Waals surface area contributed by atoms with Crippen molar-refractivity contribution in [1.82, 2.24) is 19.7 Å². The van der Waals surface area contributed by atoms with E-state index in [1.165, 1.54) is 11.1 Å². The molecule has 3 N–H and O–H groups in total. The number of nitrogens with two attached hydrogens (primary N) is 1. The molecule has 124 valence electrons. The summed E-state index contributed by atoms with van der Waals surface area (Å²) >= 11 is 0. The number of aryl methyl sites for hydroxylation is 1. The molecule has 0 amide bonds. The summed E-state index contributed by atoms with van der Waals surface area (Å²) in [6, 6.07) is 3.63. The summed E-state index contributed by atoms with van der Waals surface area (Å²) in [6.07, 6.45) is 3.30. The minimum atomic E-state index is -1.16. The van der Waals surface area contributed by atoms with Gasteiger partial charge in [0.2, 0.25) is 0 Å². The van der Waals surface area contributed by atoms with E-state index < -0.39 is 5.97 Å². The van der Waals surface area contributed by atoms with Crippen LogP contribution in [0.1, 0.15) is 41.0 Å². The van der Waals surface area contributed by atoms with Crippen molar-refractivity contribution < 1.29 is 9.90 Å². The average Bonchev–Trinajstić information content (AvgIpc) is 2.89. The predicted octanol–water partition coefficient (Wildman–Crippen LogP) is 1.11. The number of carboxylic acids is 1. The fourth-order valence-corrected chi connectivity index (χ4v) is 2.82. The van der Waals surface area contributed by atoms with Crippen molar-refractivity contribution in [2.75, 3.05) is 23.7 Å². The fourth-order valence-electron chi connectivity index (χ4n) is 2.82. The van der Waals surface area contributed by atoms with Gasteiger partial charge in [-0.05, 0) is 26.2 Å². The van der Waals surface area contributed by atoms with Crippen LogP contribution in [0.3, 0.4) is 0 Å². The number of rotatable bonds is 3. The lowest BCUT2D eigenvalue weighted by Crippen LogP contribution is -2.30. The van der Waals surface area contributed by atoms with Gasteiger partial charge < -0.3 is 15.7 Å². The zero-order chi connectivity index (χ0) is 17.3. The second-order valence-corrected chi connectivity index (χ2v) is 5.63. The summed E-state index contributed by atoms with van der Waals surface area (Å²) in [5, 5.41) is 22.6. The topological polar surface area (TPSA) is 134 Å². The molecule has 3 rings (SSSR count). The summed E-state index contributed by atoms with van der Waals surface area (Å²) in [7, 11) is 0. The molecule has 24 heavy (non-hydrogen) atoms. The lowest BCUT2D eigenvalue weighted by atomic mass is 10.1. The van der Waals surface area contributed by atoms with Gasteiger partial charge in [-0.2, -0.15) is 25.0 Å². The van der Waals surface area contributed by atoms with Crippen molar-refractivity contribution in [2.45, 2.75) is 26.2 Å². The molecule has 9 heteroatoms. The summed E-state index contributed by atoms with van der Waals surface area (Å²) < 4.78 is 1.17. The third-order valence-electron chi connectivity index (χ3n) is 3.99. The maximum absolute atomic E-state index is 11.3. The van der Waals surface area contributed by atoms with E-state index in [1.807, 2.05) is 6.07 Å². The van der Waals surface area contributed by atoms with Gasteiger partial charge in [-0.1, -0.05) is 0 Å². The highest BCUT2D eigenvalue weighted by atomic mass is 16.4. The normalized spacial score (nSPS) is 14.4. The number of aromatic nitrogens is 4. The smallest absolute Gasteiger partial charge is 0.341 e. The molecule has 0 aromatic carbocycles. The molecule has 0 aliphatic carbocycles. The number of carboxylic acid groups (broad SMARTS) is 1. The van der Waals surface area contributed by atoms with Gasteiger partial charge in [0, 0.05) is 19.2 Å². The molecular weight excluding hydrogens is 310 g/mol.